The summed E-state index contributed by atoms with van der Waals surface area (Å²) in [6.45, 7) is -0.0453. The second-order valence-corrected chi connectivity index (χ2v) is 7.40. The van der Waals surface area contributed by atoms with Crippen LogP contribution in [0.4, 0.5) is 24.7 Å². The maximum Gasteiger partial charge on any atom is 0.416 e. The van der Waals surface area contributed by atoms with E-state index in [1.54, 1.807) is 30.3 Å². The van der Waals surface area contributed by atoms with Crippen LogP contribution in [-0.4, -0.2) is 22.0 Å². The molecule has 152 valence electrons. The molecule has 1 aromatic heterocycles. The van der Waals surface area contributed by atoms with E-state index in [0.717, 1.165) is 12.1 Å². The zero-order valence-corrected chi connectivity index (χ0v) is 15.5. The average Bonchev–Trinajstić information content (AvgIpc) is 3.26. The van der Waals surface area contributed by atoms with Gasteiger partial charge in [0.25, 0.3) is 0 Å². The van der Waals surface area contributed by atoms with Crippen LogP contribution in [0.5, 0.6) is 0 Å². The highest BCUT2D eigenvalue weighted by molar-refractivity contribution is 6.15. The number of nitrogens with zero attached hydrogens (tertiary/aromatic N) is 2. The quantitative estimate of drug-likeness (QED) is 0.675. The van der Waals surface area contributed by atoms with Gasteiger partial charge in [0, 0.05) is 17.7 Å². The Hall–Kier alpha value is -3.62. The molecule has 0 saturated carbocycles. The number of fused-ring (bicyclic) bond motifs is 4. The number of halogens is 3. The van der Waals surface area contributed by atoms with Gasteiger partial charge in [-0.15, -0.1) is 0 Å². The maximum atomic E-state index is 13.7. The molecule has 2 aliphatic rings. The Morgan fingerprint density at radius 2 is 1.87 bits per heavy atom. The maximum absolute atomic E-state index is 13.7. The minimum absolute atomic E-state index is 0.0453. The van der Waals surface area contributed by atoms with Gasteiger partial charge in [-0.05, 0) is 29.3 Å². The Morgan fingerprint density at radius 3 is 2.67 bits per heavy atom. The number of aromatic amines is 1. The SMILES string of the molecule is O=C1C[C@]2(C(=O)N(Cc3cccc(C(F)(F)F)c3)c3ccccc32)c2cn[nH]c2N1. The molecule has 0 radical (unpaired) electrons. The van der Waals surface area contributed by atoms with Gasteiger partial charge in [0.05, 0.1) is 18.3 Å². The lowest BCUT2D eigenvalue weighted by Crippen LogP contribution is -2.46. The lowest BCUT2D eigenvalue weighted by Gasteiger charge is -2.31. The van der Waals surface area contributed by atoms with E-state index in [9.17, 15) is 22.8 Å². The van der Waals surface area contributed by atoms with Gasteiger partial charge >= 0.3 is 6.18 Å². The van der Waals surface area contributed by atoms with Crippen LogP contribution in [0.3, 0.4) is 0 Å². The number of nitrogens with one attached hydrogen (secondary N) is 2. The number of aromatic nitrogens is 2. The number of carbonyl (C=O) groups is 2. The normalized spacial score (nSPS) is 20.3. The summed E-state index contributed by atoms with van der Waals surface area (Å²) in [7, 11) is 0. The number of benzene rings is 2. The molecule has 0 bridgehead atoms. The highest BCUT2D eigenvalue weighted by atomic mass is 19.4. The summed E-state index contributed by atoms with van der Waals surface area (Å²) in [5.74, 6) is -0.343. The second kappa shape index (κ2) is 6.19. The Labute approximate surface area is 168 Å². The van der Waals surface area contributed by atoms with Crippen molar-refractivity contribution in [3.05, 3.63) is 77.0 Å². The van der Waals surface area contributed by atoms with E-state index >= 15 is 0 Å². The number of H-pyrrole nitrogens is 1. The zero-order chi connectivity index (χ0) is 21.1. The minimum atomic E-state index is -4.47. The van der Waals surface area contributed by atoms with Gasteiger partial charge < -0.3 is 10.2 Å². The molecule has 0 fully saturated rings. The van der Waals surface area contributed by atoms with Gasteiger partial charge in [0.1, 0.15) is 11.2 Å². The van der Waals surface area contributed by atoms with E-state index in [2.05, 4.69) is 15.5 Å². The topological polar surface area (TPSA) is 78.1 Å². The van der Waals surface area contributed by atoms with Crippen molar-refractivity contribution in [1.82, 2.24) is 10.2 Å². The molecule has 0 aliphatic carbocycles. The standard InChI is InChI=1S/C21H15F3N4O2/c22-21(23,24)13-5-3-4-12(8-13)11-28-16-7-2-1-6-14(16)20(19(28)30)9-17(29)26-18-15(20)10-25-27-18/h1-8,10H,9,11H2,(H2,25,26,27,29)/t20-/m1/s1. The number of anilines is 2. The van der Waals surface area contributed by atoms with Crippen LogP contribution in [0, 0.1) is 0 Å². The number of rotatable bonds is 2. The molecule has 1 spiro atoms. The molecule has 0 saturated heterocycles. The first-order valence-corrected chi connectivity index (χ1v) is 9.22. The first kappa shape index (κ1) is 18.4. The molecule has 6 nitrogen and oxygen atoms in total. The van der Waals surface area contributed by atoms with Crippen molar-refractivity contribution in [2.75, 3.05) is 10.2 Å². The van der Waals surface area contributed by atoms with Crippen LogP contribution in [0.15, 0.2) is 54.7 Å². The van der Waals surface area contributed by atoms with Crippen LogP contribution < -0.4 is 10.2 Å². The molecule has 2 N–H and O–H groups in total. The summed E-state index contributed by atoms with van der Waals surface area (Å²) >= 11 is 0. The van der Waals surface area contributed by atoms with Crippen LogP contribution in [0.25, 0.3) is 0 Å². The predicted octanol–water partition coefficient (Wildman–Crippen LogP) is 3.60. The molecule has 3 aromatic rings. The summed E-state index contributed by atoms with van der Waals surface area (Å²) in [4.78, 5) is 27.6. The highest BCUT2D eigenvalue weighted by Crippen LogP contribution is 2.52. The molecule has 1 atom stereocenters. The summed E-state index contributed by atoms with van der Waals surface area (Å²) < 4.78 is 39.4. The predicted molar refractivity (Wildman–Crippen MR) is 102 cm³/mol. The third kappa shape index (κ3) is 2.54. The van der Waals surface area contributed by atoms with Crippen LogP contribution in [0.1, 0.15) is 28.7 Å². The molecule has 0 unspecified atom stereocenters. The number of amides is 2. The third-order valence-electron chi connectivity index (χ3n) is 5.65. The fourth-order valence-electron chi connectivity index (χ4n) is 4.37. The van der Waals surface area contributed by atoms with E-state index in [1.165, 1.54) is 17.2 Å². The molecule has 9 heteroatoms. The largest absolute Gasteiger partial charge is 0.416 e. The summed E-state index contributed by atoms with van der Waals surface area (Å²) in [6, 6.07) is 11.9. The Morgan fingerprint density at radius 1 is 1.07 bits per heavy atom. The van der Waals surface area contributed by atoms with Crippen molar-refractivity contribution in [1.29, 1.82) is 0 Å². The lowest BCUT2D eigenvalue weighted by molar-refractivity contribution is -0.137. The fraction of sp³-hybridized carbons (Fsp3) is 0.190. The van der Waals surface area contributed by atoms with E-state index < -0.39 is 17.2 Å². The van der Waals surface area contributed by atoms with Crippen molar-refractivity contribution in [3.63, 3.8) is 0 Å². The molecular weight excluding hydrogens is 397 g/mol. The number of para-hydroxylation sites is 1. The van der Waals surface area contributed by atoms with E-state index in [-0.39, 0.29) is 24.8 Å². The Balaban J connectivity index is 1.62. The van der Waals surface area contributed by atoms with Gasteiger partial charge in [-0.1, -0.05) is 30.3 Å². The molecule has 30 heavy (non-hydrogen) atoms. The molecule has 5 rings (SSSR count). The van der Waals surface area contributed by atoms with Gasteiger partial charge in [0.2, 0.25) is 11.8 Å². The highest BCUT2D eigenvalue weighted by Gasteiger charge is 2.56. The van der Waals surface area contributed by atoms with Crippen molar-refractivity contribution < 1.29 is 22.8 Å². The first-order valence-electron chi connectivity index (χ1n) is 9.22. The molecule has 2 amide bonds. The van der Waals surface area contributed by atoms with Crippen molar-refractivity contribution in [2.45, 2.75) is 24.6 Å². The second-order valence-electron chi connectivity index (χ2n) is 7.40. The third-order valence-corrected chi connectivity index (χ3v) is 5.65. The number of hydrogen-bond donors (Lipinski definition) is 2. The van der Waals surface area contributed by atoms with Gasteiger partial charge in [0.15, 0.2) is 0 Å². The van der Waals surface area contributed by atoms with Gasteiger partial charge in [-0.3, -0.25) is 14.7 Å². The monoisotopic (exact) mass is 412 g/mol. The number of carbonyl (C=O) groups excluding carboxylic acids is 2. The lowest BCUT2D eigenvalue weighted by atomic mass is 9.72. The minimum Gasteiger partial charge on any atom is -0.311 e. The number of hydrogen-bond acceptors (Lipinski definition) is 3. The molecule has 3 heterocycles. The van der Waals surface area contributed by atoms with Gasteiger partial charge in [-0.2, -0.15) is 18.3 Å². The fourth-order valence-corrected chi connectivity index (χ4v) is 4.37. The summed E-state index contributed by atoms with van der Waals surface area (Å²) in [5.41, 5.74) is 0.0666. The van der Waals surface area contributed by atoms with Crippen LogP contribution in [-0.2, 0) is 27.7 Å². The summed E-state index contributed by atoms with van der Waals surface area (Å²) in [5, 5.41) is 9.36. The van der Waals surface area contributed by atoms with Gasteiger partial charge in [-0.25, -0.2) is 0 Å². The first-order chi connectivity index (χ1) is 14.3. The molecule has 2 aromatic carbocycles. The molecular formula is C21H15F3N4O2. The Bertz CT molecular complexity index is 1190. The number of alkyl halides is 3. The van der Waals surface area contributed by atoms with E-state index in [1.807, 2.05) is 0 Å². The van der Waals surface area contributed by atoms with Crippen LogP contribution in [0.2, 0.25) is 0 Å². The van der Waals surface area contributed by atoms with Crippen molar-refractivity contribution in [3.8, 4) is 0 Å². The van der Waals surface area contributed by atoms with E-state index in [0.29, 0.717) is 28.2 Å². The zero-order valence-electron chi connectivity index (χ0n) is 15.5. The molecule has 2 aliphatic heterocycles. The van der Waals surface area contributed by atoms with E-state index in [4.69, 9.17) is 0 Å². The van der Waals surface area contributed by atoms with Crippen LogP contribution >= 0.6 is 0 Å². The Kier molecular flexibility index (Phi) is 3.80. The smallest absolute Gasteiger partial charge is 0.311 e. The summed E-state index contributed by atoms with van der Waals surface area (Å²) in [6.07, 6.45) is -3.07. The van der Waals surface area contributed by atoms with Crippen molar-refractivity contribution in [2.24, 2.45) is 0 Å². The van der Waals surface area contributed by atoms with Crippen molar-refractivity contribution >= 4 is 23.3 Å². The average molecular weight is 412 g/mol.